The van der Waals surface area contributed by atoms with E-state index >= 15 is 0 Å². The minimum atomic E-state index is -0.406. The van der Waals surface area contributed by atoms with Gasteiger partial charge in [0.1, 0.15) is 0 Å². The van der Waals surface area contributed by atoms with E-state index in [4.69, 9.17) is 0 Å². The van der Waals surface area contributed by atoms with Crippen LogP contribution in [-0.2, 0) is 46.0 Å². The van der Waals surface area contributed by atoms with Gasteiger partial charge >= 0.3 is 199 Å². The van der Waals surface area contributed by atoms with Crippen LogP contribution in [0.4, 0.5) is 0 Å². The Morgan fingerprint density at radius 3 is 0.611 bits per heavy atom. The van der Waals surface area contributed by atoms with Crippen molar-refractivity contribution in [2.24, 2.45) is 0 Å². The number of hydrogen-bond acceptors (Lipinski definition) is 0. The molecule has 4 aliphatic rings. The SMILES string of the molecule is [C-]1=CC(c2cccc3ccccc23)=CC1.[C-]1=CC(c2cccc3ccccc23)=CC1.[C-]1=CC(c2cccc3ccccc23)=CC1.[C-]1=CC(c2cccc3ccccc23)=CC1.[Cl-].[Cl-].[Hf+2]=[Si](c1ccccc1)c1ccccc1.[Hf+2]=[Si](c1ccccc1)c1ccccc1. The third kappa shape index (κ3) is 17.9. The molecular formula is C84H64Cl2Hf2Si2-2. The van der Waals surface area contributed by atoms with Crippen LogP contribution in [0.1, 0.15) is 47.9 Å². The number of benzene rings is 12. The predicted octanol–water partition coefficient (Wildman–Crippen LogP) is 12.6. The van der Waals surface area contributed by atoms with Crippen molar-refractivity contribution in [2.45, 2.75) is 25.7 Å². The van der Waals surface area contributed by atoms with Crippen LogP contribution in [0.5, 0.6) is 0 Å². The summed E-state index contributed by atoms with van der Waals surface area (Å²) < 4.78 is 0. The Morgan fingerprint density at radius 1 is 0.222 bits per heavy atom. The molecule has 0 fully saturated rings. The first-order valence-corrected chi connectivity index (χ1v) is 43.7. The van der Waals surface area contributed by atoms with Gasteiger partial charge in [0.2, 0.25) is 0 Å². The van der Waals surface area contributed by atoms with E-state index in [0.717, 1.165) is 25.7 Å². The van der Waals surface area contributed by atoms with Crippen molar-refractivity contribution >= 4 is 97.1 Å². The van der Waals surface area contributed by atoms with Gasteiger partial charge in [-0.1, -0.05) is 192 Å². The maximum absolute atomic E-state index is 3.22. The molecule has 6 heteroatoms. The molecule has 0 N–H and O–H groups in total. The Morgan fingerprint density at radius 2 is 0.411 bits per heavy atom. The Hall–Kier alpha value is -7.65. The summed E-state index contributed by atoms with van der Waals surface area (Å²) in [5, 5.41) is 16.7. The van der Waals surface area contributed by atoms with Gasteiger partial charge in [-0.2, -0.15) is 46.6 Å². The van der Waals surface area contributed by atoms with Crippen molar-refractivity contribution in [3.63, 3.8) is 0 Å². The van der Waals surface area contributed by atoms with Crippen molar-refractivity contribution in [3.8, 4) is 0 Å². The van der Waals surface area contributed by atoms with Crippen molar-refractivity contribution in [3.05, 3.63) is 386 Å². The van der Waals surface area contributed by atoms with Crippen molar-refractivity contribution in [2.75, 3.05) is 0 Å². The van der Waals surface area contributed by atoms with Crippen LogP contribution in [0, 0.1) is 24.3 Å². The molecule has 12 aromatic rings. The summed E-state index contributed by atoms with van der Waals surface area (Å²) in [6, 6.07) is 103. The van der Waals surface area contributed by atoms with E-state index in [1.54, 1.807) is 0 Å². The summed E-state index contributed by atoms with van der Waals surface area (Å²) in [7, 11) is 0. The van der Waals surface area contributed by atoms with Crippen LogP contribution in [0.15, 0.2) is 340 Å². The molecule has 0 amide bonds. The molecule has 432 valence electrons. The fourth-order valence-electron chi connectivity index (χ4n) is 11.0. The molecule has 90 heavy (non-hydrogen) atoms. The van der Waals surface area contributed by atoms with Crippen molar-refractivity contribution in [1.29, 1.82) is 0 Å². The molecular weight excluding hydrogens is 1490 g/mol. The molecule has 0 unspecified atom stereocenters. The Bertz CT molecular complexity index is 4020. The van der Waals surface area contributed by atoms with Gasteiger partial charge in [-0.05, 0) is 43.1 Å². The second kappa shape index (κ2) is 35.1. The van der Waals surface area contributed by atoms with Crippen LogP contribution in [0.3, 0.4) is 0 Å². The third-order valence-corrected chi connectivity index (χ3v) is 31.5. The first kappa shape index (κ1) is 66.8. The monoisotopic (exact) mass is 1560 g/mol. The van der Waals surface area contributed by atoms with Gasteiger partial charge in [0.05, 0.1) is 0 Å². The van der Waals surface area contributed by atoms with Crippen LogP contribution in [0.2, 0.25) is 0 Å². The molecule has 0 heterocycles. The van der Waals surface area contributed by atoms with E-state index in [9.17, 15) is 0 Å². The van der Waals surface area contributed by atoms with E-state index in [2.05, 4.69) is 364 Å². The second-order valence-electron chi connectivity index (χ2n) is 21.2. The normalized spacial score (nSPS) is 12.8. The van der Waals surface area contributed by atoms with E-state index in [1.165, 1.54) is 154 Å². The summed E-state index contributed by atoms with van der Waals surface area (Å²) >= 11 is 2.53. The van der Waals surface area contributed by atoms with Crippen LogP contribution < -0.4 is 45.6 Å². The zero-order chi connectivity index (χ0) is 60.0. The molecule has 0 nitrogen and oxygen atoms in total. The average Bonchev–Trinajstić information content (AvgIpc) is 2.17. The first-order valence-electron chi connectivity index (χ1n) is 29.9. The molecule has 0 aromatic heterocycles. The van der Waals surface area contributed by atoms with Crippen LogP contribution in [-0.4, -0.2) is 11.0 Å². The Kier molecular flexibility index (Phi) is 26.0. The molecule has 0 spiro atoms. The Labute approximate surface area is 574 Å². The molecule has 12 aromatic carbocycles. The molecule has 0 bridgehead atoms. The molecule has 0 atom stereocenters. The summed E-state index contributed by atoms with van der Waals surface area (Å²) in [5.41, 5.74) is 9.65. The molecule has 16 rings (SSSR count). The third-order valence-electron chi connectivity index (χ3n) is 15.4. The summed E-state index contributed by atoms with van der Waals surface area (Å²) in [4.78, 5) is 0. The van der Waals surface area contributed by atoms with Gasteiger partial charge in [-0.25, -0.2) is 24.3 Å². The van der Waals surface area contributed by atoms with Crippen LogP contribution in [0.25, 0.3) is 65.4 Å². The maximum atomic E-state index is 3.22. The molecule has 0 radical (unpaired) electrons. The Balaban J connectivity index is 0.000000128. The molecule has 0 saturated heterocycles. The van der Waals surface area contributed by atoms with Gasteiger partial charge in [0, 0.05) is 0 Å². The summed E-state index contributed by atoms with van der Waals surface area (Å²) in [6.45, 7) is 0. The zero-order valence-electron chi connectivity index (χ0n) is 49.9. The van der Waals surface area contributed by atoms with Crippen molar-refractivity contribution < 1.29 is 70.8 Å². The van der Waals surface area contributed by atoms with E-state index in [-0.39, 0.29) is 24.8 Å². The van der Waals surface area contributed by atoms with Gasteiger partial charge in [0.25, 0.3) is 0 Å². The quantitative estimate of drug-likeness (QED) is 0.105. The topological polar surface area (TPSA) is 0 Å². The van der Waals surface area contributed by atoms with Gasteiger partial charge in [-0.3, -0.25) is 24.3 Å². The number of rotatable bonds is 8. The van der Waals surface area contributed by atoms with Crippen LogP contribution >= 0.6 is 0 Å². The standard InChI is InChI=1S/4C15H11.2C12H10Si.2ClH.2Hf/c4*1-2-7-12(6-1)15-11-5-9-13-8-3-4-10-14(13)15;2*1-3-7-11(8-4-1)13-12-9-5-2-6-10-12;;;;/h4*3-11H,1H2;2*1-10H;2*1H;;/q4*-1;;;;;2*+2/p-2. The van der Waals surface area contributed by atoms with E-state index in [0.29, 0.717) is 0 Å². The zero-order valence-corrected chi connectivity index (χ0v) is 60.6. The predicted molar refractivity (Wildman–Crippen MR) is 373 cm³/mol. The molecule has 0 saturated carbocycles. The number of allylic oxidation sites excluding steroid dienone is 16. The number of halogens is 2. The average molecular weight is 1560 g/mol. The summed E-state index contributed by atoms with van der Waals surface area (Å²) in [5.74, 6) is 0. The van der Waals surface area contributed by atoms with E-state index < -0.39 is 11.0 Å². The van der Waals surface area contributed by atoms with Crippen molar-refractivity contribution in [1.82, 2.24) is 0 Å². The fourth-order valence-corrected chi connectivity index (χ4v) is 21.0. The van der Waals surface area contributed by atoms with Gasteiger partial charge in [0.15, 0.2) is 0 Å². The van der Waals surface area contributed by atoms with E-state index in [1.807, 2.05) is 0 Å². The fraction of sp³-hybridized carbons (Fsp3) is 0.0476. The minimum absolute atomic E-state index is 0. The summed E-state index contributed by atoms with van der Waals surface area (Å²) in [6.07, 6.45) is 33.9. The van der Waals surface area contributed by atoms with Gasteiger partial charge < -0.3 is 24.8 Å². The number of hydrogen-bond donors (Lipinski definition) is 0. The molecule has 0 aliphatic heterocycles. The van der Waals surface area contributed by atoms with Gasteiger partial charge in [-0.15, -0.1) is 25.7 Å². The molecule has 4 aliphatic carbocycles. The first-order chi connectivity index (χ1) is 43.6. The number of fused-ring (bicyclic) bond motifs is 4. The second-order valence-corrected chi connectivity index (χ2v) is 35.8.